The molecule has 0 spiro atoms. The average molecular weight is 377 g/mol. The highest BCUT2D eigenvalue weighted by molar-refractivity contribution is 9.12. The minimum Gasteiger partial charge on any atom is -0.507 e. The number of hydrogen-bond donors (Lipinski definition) is 3. The molecule has 6 heteroatoms. The monoisotopic (exact) mass is 376 g/mol. The maximum Gasteiger partial charge on any atom is 0.124 e. The van der Waals surface area contributed by atoms with Crippen molar-refractivity contribution in [1.29, 1.82) is 0 Å². The molecule has 5 nitrogen and oxygen atoms in total. The van der Waals surface area contributed by atoms with Crippen LogP contribution < -0.4 is 10.6 Å². The van der Waals surface area contributed by atoms with Crippen molar-refractivity contribution in [3.8, 4) is 5.75 Å². The predicted octanol–water partition coefficient (Wildman–Crippen LogP) is 2.59. The summed E-state index contributed by atoms with van der Waals surface area (Å²) in [4.78, 5) is 8.70. The molecule has 1 aromatic carbocycles. The second-order valence-corrected chi connectivity index (χ2v) is 5.93. The van der Waals surface area contributed by atoms with Gasteiger partial charge in [0.1, 0.15) is 5.75 Å². The number of aliphatic imine (C=N–C) groups is 2. The zero-order valence-electron chi connectivity index (χ0n) is 13.3. The van der Waals surface area contributed by atoms with E-state index in [0.29, 0.717) is 12.0 Å². The van der Waals surface area contributed by atoms with Gasteiger partial charge in [-0.05, 0) is 41.2 Å². The van der Waals surface area contributed by atoms with Crippen molar-refractivity contribution >= 4 is 27.9 Å². The lowest BCUT2D eigenvalue weighted by molar-refractivity contribution is 0.474. The Balaban J connectivity index is 2.38. The van der Waals surface area contributed by atoms with Crippen molar-refractivity contribution in [3.05, 3.63) is 51.8 Å². The van der Waals surface area contributed by atoms with Crippen LogP contribution in [-0.4, -0.2) is 44.2 Å². The van der Waals surface area contributed by atoms with E-state index < -0.39 is 0 Å². The molecule has 1 aliphatic rings. The summed E-state index contributed by atoms with van der Waals surface area (Å²) in [6.07, 6.45) is 4.41. The molecule has 1 heterocycles. The number of nitrogens with one attached hydrogen (secondary N) is 2. The van der Waals surface area contributed by atoms with Gasteiger partial charge in [-0.2, -0.15) is 0 Å². The highest BCUT2D eigenvalue weighted by atomic mass is 79.9. The van der Waals surface area contributed by atoms with E-state index in [1.54, 1.807) is 25.4 Å². The van der Waals surface area contributed by atoms with Crippen molar-refractivity contribution in [2.75, 3.05) is 27.2 Å². The minimum atomic E-state index is 0.221. The third-order valence-electron chi connectivity index (χ3n) is 3.35. The number of nitrogens with zero attached hydrogens (tertiary/aromatic N) is 2. The molecule has 0 aromatic heterocycles. The molecule has 23 heavy (non-hydrogen) atoms. The van der Waals surface area contributed by atoms with Gasteiger partial charge in [0, 0.05) is 44.0 Å². The maximum absolute atomic E-state index is 10.1. The van der Waals surface area contributed by atoms with Crippen LogP contribution in [0.2, 0.25) is 0 Å². The van der Waals surface area contributed by atoms with Crippen LogP contribution in [0.25, 0.3) is 0 Å². The van der Waals surface area contributed by atoms with Gasteiger partial charge in [0.2, 0.25) is 0 Å². The Morgan fingerprint density at radius 2 is 2.17 bits per heavy atom. The standard InChI is InChI=1S/C17H21BrN4O/c1-19-7-8-21-12-9-15(13-5-3-4-6-17(13)23)22-16(10-12)14(18)11-20-2/h3-6,9,11,19,21,23H,7-8,10H2,1-2H3/b16-14-,20-11?. The van der Waals surface area contributed by atoms with Crippen molar-refractivity contribution in [2.24, 2.45) is 9.98 Å². The Kier molecular flexibility index (Phi) is 6.55. The maximum atomic E-state index is 10.1. The Morgan fingerprint density at radius 3 is 2.87 bits per heavy atom. The molecule has 0 radical (unpaired) electrons. The Labute approximate surface area is 145 Å². The molecule has 2 rings (SSSR count). The van der Waals surface area contributed by atoms with E-state index >= 15 is 0 Å². The van der Waals surface area contributed by atoms with Gasteiger partial charge in [-0.3, -0.25) is 9.98 Å². The molecule has 0 fully saturated rings. The second-order valence-electron chi connectivity index (χ2n) is 5.07. The van der Waals surface area contributed by atoms with Crippen LogP contribution in [-0.2, 0) is 0 Å². The van der Waals surface area contributed by atoms with E-state index in [1.807, 2.05) is 25.3 Å². The number of likely N-dealkylation sites (N-methyl/N-ethyl adjacent to an activating group) is 1. The first-order valence-corrected chi connectivity index (χ1v) is 8.22. The van der Waals surface area contributed by atoms with Gasteiger partial charge in [-0.1, -0.05) is 12.1 Å². The molecule has 3 N–H and O–H groups in total. The Morgan fingerprint density at radius 1 is 1.39 bits per heavy atom. The van der Waals surface area contributed by atoms with E-state index in [-0.39, 0.29) is 5.75 Å². The fraction of sp³-hybridized carbons (Fsp3) is 0.294. The van der Waals surface area contributed by atoms with Gasteiger partial charge in [0.25, 0.3) is 0 Å². The summed E-state index contributed by atoms with van der Waals surface area (Å²) in [6, 6.07) is 7.22. The van der Waals surface area contributed by atoms with E-state index in [0.717, 1.165) is 34.7 Å². The summed E-state index contributed by atoms with van der Waals surface area (Å²) in [5.74, 6) is 0.221. The molecule has 0 amide bonds. The summed E-state index contributed by atoms with van der Waals surface area (Å²) >= 11 is 3.52. The topological polar surface area (TPSA) is 69.0 Å². The van der Waals surface area contributed by atoms with E-state index in [9.17, 15) is 5.11 Å². The van der Waals surface area contributed by atoms with Crippen LogP contribution in [0.3, 0.4) is 0 Å². The zero-order chi connectivity index (χ0) is 16.7. The van der Waals surface area contributed by atoms with E-state index in [1.165, 1.54) is 0 Å². The van der Waals surface area contributed by atoms with Crippen molar-refractivity contribution in [2.45, 2.75) is 6.42 Å². The summed E-state index contributed by atoms with van der Waals surface area (Å²) in [5.41, 5.74) is 3.39. The predicted molar refractivity (Wildman–Crippen MR) is 99.6 cm³/mol. The summed E-state index contributed by atoms with van der Waals surface area (Å²) in [5, 5.41) is 16.6. The third kappa shape index (κ3) is 4.77. The summed E-state index contributed by atoms with van der Waals surface area (Å²) in [6.45, 7) is 1.69. The molecular weight excluding hydrogens is 356 g/mol. The Bertz CT molecular complexity index is 677. The molecule has 0 unspecified atom stereocenters. The van der Waals surface area contributed by atoms with Gasteiger partial charge >= 0.3 is 0 Å². The molecule has 0 saturated heterocycles. The van der Waals surface area contributed by atoms with Gasteiger partial charge in [0.05, 0.1) is 15.9 Å². The Hall–Kier alpha value is -1.92. The first-order chi connectivity index (χ1) is 11.2. The number of dihydropyridines is 1. The molecule has 0 saturated carbocycles. The normalized spacial score (nSPS) is 17.0. The first kappa shape index (κ1) is 17.4. The molecule has 1 aromatic rings. The number of allylic oxidation sites excluding steroid dienone is 2. The van der Waals surface area contributed by atoms with Gasteiger partial charge < -0.3 is 15.7 Å². The number of halogens is 1. The van der Waals surface area contributed by atoms with E-state index in [4.69, 9.17) is 0 Å². The largest absolute Gasteiger partial charge is 0.507 e. The molecule has 0 atom stereocenters. The van der Waals surface area contributed by atoms with Crippen LogP contribution in [0.4, 0.5) is 0 Å². The number of hydrogen-bond acceptors (Lipinski definition) is 5. The number of para-hydroxylation sites is 1. The number of phenols is 1. The van der Waals surface area contributed by atoms with Crippen LogP contribution in [0.15, 0.2) is 56.2 Å². The van der Waals surface area contributed by atoms with E-state index in [2.05, 4.69) is 36.5 Å². The van der Waals surface area contributed by atoms with Crippen LogP contribution >= 0.6 is 15.9 Å². The smallest absolute Gasteiger partial charge is 0.124 e. The fourth-order valence-corrected chi connectivity index (χ4v) is 2.66. The second kappa shape index (κ2) is 8.64. The van der Waals surface area contributed by atoms with Gasteiger partial charge in [-0.25, -0.2) is 0 Å². The molecule has 1 aliphatic heterocycles. The number of rotatable bonds is 6. The van der Waals surface area contributed by atoms with Crippen molar-refractivity contribution in [1.82, 2.24) is 10.6 Å². The average Bonchev–Trinajstić information content (AvgIpc) is 2.55. The first-order valence-electron chi connectivity index (χ1n) is 7.42. The minimum absolute atomic E-state index is 0.221. The quantitative estimate of drug-likeness (QED) is 0.527. The van der Waals surface area contributed by atoms with Gasteiger partial charge in [0.15, 0.2) is 0 Å². The zero-order valence-corrected chi connectivity index (χ0v) is 14.9. The van der Waals surface area contributed by atoms with Gasteiger partial charge in [-0.15, -0.1) is 0 Å². The SMILES string of the molecule is CN=C/C(Br)=C1\CC(NCCNC)=CC(c2ccccc2O)=N1. The van der Waals surface area contributed by atoms with Crippen LogP contribution in [0.5, 0.6) is 5.75 Å². The highest BCUT2D eigenvalue weighted by Gasteiger charge is 2.16. The molecule has 0 bridgehead atoms. The van der Waals surface area contributed by atoms with Crippen molar-refractivity contribution < 1.29 is 5.11 Å². The number of phenolic OH excluding ortho intramolecular Hbond substituents is 1. The number of aromatic hydroxyl groups is 1. The molecule has 122 valence electrons. The summed E-state index contributed by atoms with van der Waals surface area (Å²) in [7, 11) is 3.64. The van der Waals surface area contributed by atoms with Crippen LogP contribution in [0.1, 0.15) is 12.0 Å². The molecule has 0 aliphatic carbocycles. The third-order valence-corrected chi connectivity index (χ3v) is 4.01. The van der Waals surface area contributed by atoms with Crippen LogP contribution in [0, 0.1) is 0 Å². The fourth-order valence-electron chi connectivity index (χ4n) is 2.23. The lowest BCUT2D eigenvalue weighted by atomic mass is 10.0. The lowest BCUT2D eigenvalue weighted by Crippen LogP contribution is -2.26. The summed E-state index contributed by atoms with van der Waals surface area (Å²) < 4.78 is 0.842. The highest BCUT2D eigenvalue weighted by Crippen LogP contribution is 2.27. The lowest BCUT2D eigenvalue weighted by Gasteiger charge is -2.18. The number of benzene rings is 1. The van der Waals surface area contributed by atoms with Crippen molar-refractivity contribution in [3.63, 3.8) is 0 Å². The molecular formula is C17H21BrN4O.